The van der Waals surface area contributed by atoms with Gasteiger partial charge in [0.05, 0.1) is 11.1 Å². The molecule has 0 bridgehead atoms. The number of carbonyl (C=O) groups is 1. The molecule has 0 saturated heterocycles. The number of amides is 1. The van der Waals surface area contributed by atoms with Gasteiger partial charge in [0.2, 0.25) is 0 Å². The van der Waals surface area contributed by atoms with Gasteiger partial charge >= 0.3 is 0 Å². The van der Waals surface area contributed by atoms with Crippen molar-refractivity contribution in [1.29, 1.82) is 5.26 Å². The topological polar surface area (TPSA) is 82.3 Å². The molecule has 6 heteroatoms. The van der Waals surface area contributed by atoms with E-state index in [-0.39, 0.29) is 11.3 Å². The van der Waals surface area contributed by atoms with Crippen LogP contribution in [0.1, 0.15) is 12.5 Å². The molecule has 0 spiro atoms. The first-order chi connectivity index (χ1) is 11.5. The standard InChI is InChI=1S/C18H15BrN2O3/c1-2-24-15-6-4-14(5-7-15)21-18(23)13(11-20)9-12-3-8-17(22)16(19)10-12/h3-10,22H,2H2,1H3,(H,21,23)/b13-9+. The summed E-state index contributed by atoms with van der Waals surface area (Å²) in [7, 11) is 0. The fourth-order valence-electron chi connectivity index (χ4n) is 1.93. The van der Waals surface area contributed by atoms with Gasteiger partial charge in [0, 0.05) is 5.69 Å². The van der Waals surface area contributed by atoms with Crippen LogP contribution in [-0.2, 0) is 4.79 Å². The lowest BCUT2D eigenvalue weighted by atomic mass is 10.1. The Kier molecular flexibility index (Phi) is 5.99. The van der Waals surface area contributed by atoms with Crippen molar-refractivity contribution >= 4 is 33.6 Å². The van der Waals surface area contributed by atoms with Gasteiger partial charge in [-0.3, -0.25) is 4.79 Å². The van der Waals surface area contributed by atoms with Gasteiger partial charge in [-0.05, 0) is 70.9 Å². The van der Waals surface area contributed by atoms with E-state index in [4.69, 9.17) is 4.74 Å². The minimum absolute atomic E-state index is 0.0403. The number of nitrogens with one attached hydrogen (secondary N) is 1. The molecular formula is C18H15BrN2O3. The molecule has 0 aliphatic heterocycles. The van der Waals surface area contributed by atoms with E-state index in [9.17, 15) is 15.2 Å². The van der Waals surface area contributed by atoms with Crippen molar-refractivity contribution in [2.24, 2.45) is 0 Å². The predicted molar refractivity (Wildman–Crippen MR) is 95.6 cm³/mol. The number of carbonyl (C=O) groups excluding carboxylic acids is 1. The molecule has 2 aromatic rings. The van der Waals surface area contributed by atoms with Crippen LogP contribution in [0.4, 0.5) is 5.69 Å². The maximum Gasteiger partial charge on any atom is 0.266 e. The van der Waals surface area contributed by atoms with Crippen molar-refractivity contribution in [2.45, 2.75) is 6.92 Å². The number of phenols is 1. The summed E-state index contributed by atoms with van der Waals surface area (Å²) in [6, 6.07) is 13.5. The van der Waals surface area contributed by atoms with Crippen LogP contribution < -0.4 is 10.1 Å². The second kappa shape index (κ2) is 8.18. The molecule has 5 nitrogen and oxygen atoms in total. The van der Waals surface area contributed by atoms with Crippen LogP contribution >= 0.6 is 15.9 Å². The Morgan fingerprint density at radius 1 is 1.33 bits per heavy atom. The molecule has 0 saturated carbocycles. The van der Waals surface area contributed by atoms with Gasteiger partial charge in [-0.2, -0.15) is 5.26 Å². The molecule has 0 fully saturated rings. The Labute approximate surface area is 148 Å². The van der Waals surface area contributed by atoms with Crippen LogP contribution in [0.15, 0.2) is 52.5 Å². The van der Waals surface area contributed by atoms with Gasteiger partial charge in [0.15, 0.2) is 0 Å². The third-order valence-corrected chi connectivity index (χ3v) is 3.71. The smallest absolute Gasteiger partial charge is 0.266 e. The number of nitrogens with zero attached hydrogens (tertiary/aromatic N) is 1. The highest BCUT2D eigenvalue weighted by molar-refractivity contribution is 9.10. The second-order valence-corrected chi connectivity index (χ2v) is 5.65. The molecule has 0 atom stereocenters. The zero-order valence-corrected chi connectivity index (χ0v) is 14.5. The highest BCUT2D eigenvalue weighted by Gasteiger charge is 2.10. The Hall–Kier alpha value is -2.78. The van der Waals surface area contributed by atoms with Crippen LogP contribution in [0.25, 0.3) is 6.08 Å². The highest BCUT2D eigenvalue weighted by Crippen LogP contribution is 2.25. The summed E-state index contributed by atoms with van der Waals surface area (Å²) < 4.78 is 5.82. The second-order valence-electron chi connectivity index (χ2n) is 4.79. The molecule has 0 heterocycles. The molecule has 2 aromatic carbocycles. The fourth-order valence-corrected chi connectivity index (χ4v) is 2.32. The normalized spacial score (nSPS) is 10.8. The van der Waals surface area contributed by atoms with E-state index in [0.717, 1.165) is 0 Å². The fraction of sp³-hybridized carbons (Fsp3) is 0.111. The van der Waals surface area contributed by atoms with Crippen LogP contribution in [0.2, 0.25) is 0 Å². The van der Waals surface area contributed by atoms with E-state index in [2.05, 4.69) is 21.2 Å². The Bertz CT molecular complexity index is 808. The molecule has 0 aromatic heterocycles. The number of halogens is 1. The quantitative estimate of drug-likeness (QED) is 0.598. The summed E-state index contributed by atoms with van der Waals surface area (Å²) in [4.78, 5) is 12.2. The molecule has 0 aliphatic rings. The average Bonchev–Trinajstić information content (AvgIpc) is 2.57. The monoisotopic (exact) mass is 386 g/mol. The zero-order chi connectivity index (χ0) is 17.5. The lowest BCUT2D eigenvalue weighted by Gasteiger charge is -2.07. The molecule has 1 amide bonds. The number of ether oxygens (including phenoxy) is 1. The van der Waals surface area contributed by atoms with Crippen molar-refractivity contribution in [3.63, 3.8) is 0 Å². The highest BCUT2D eigenvalue weighted by atomic mass is 79.9. The van der Waals surface area contributed by atoms with Crippen molar-refractivity contribution in [2.75, 3.05) is 11.9 Å². The first kappa shape index (κ1) is 17.6. The molecule has 0 radical (unpaired) electrons. The number of aromatic hydroxyl groups is 1. The van der Waals surface area contributed by atoms with Crippen LogP contribution in [0.5, 0.6) is 11.5 Å². The Balaban J connectivity index is 2.15. The van der Waals surface area contributed by atoms with Crippen molar-refractivity contribution in [3.05, 3.63) is 58.1 Å². The maximum absolute atomic E-state index is 12.2. The first-order valence-electron chi connectivity index (χ1n) is 7.18. The predicted octanol–water partition coefficient (Wildman–Crippen LogP) is 4.10. The van der Waals surface area contributed by atoms with Gasteiger partial charge in [-0.25, -0.2) is 0 Å². The van der Waals surface area contributed by atoms with Gasteiger partial charge < -0.3 is 15.2 Å². The minimum atomic E-state index is -0.508. The van der Waals surface area contributed by atoms with Crippen molar-refractivity contribution in [1.82, 2.24) is 0 Å². The molecule has 2 rings (SSSR count). The summed E-state index contributed by atoms with van der Waals surface area (Å²) in [6.45, 7) is 2.45. The molecule has 0 unspecified atom stereocenters. The summed E-state index contributed by atoms with van der Waals surface area (Å²) in [6.07, 6.45) is 1.45. The SMILES string of the molecule is CCOc1ccc(NC(=O)/C(C#N)=C/c2ccc(O)c(Br)c2)cc1. The lowest BCUT2D eigenvalue weighted by Crippen LogP contribution is -2.13. The van der Waals surface area contributed by atoms with Gasteiger partial charge in [0.1, 0.15) is 23.1 Å². The Morgan fingerprint density at radius 2 is 2.04 bits per heavy atom. The molecule has 122 valence electrons. The van der Waals surface area contributed by atoms with Crippen LogP contribution in [-0.4, -0.2) is 17.6 Å². The number of rotatable bonds is 5. The molecular weight excluding hydrogens is 372 g/mol. The van der Waals surface area contributed by atoms with E-state index in [1.165, 1.54) is 12.1 Å². The number of hydrogen-bond donors (Lipinski definition) is 2. The number of hydrogen-bond acceptors (Lipinski definition) is 4. The number of benzene rings is 2. The number of phenolic OH excluding ortho intramolecular Hbond substituents is 1. The molecule has 24 heavy (non-hydrogen) atoms. The third kappa shape index (κ3) is 4.61. The zero-order valence-electron chi connectivity index (χ0n) is 12.9. The van der Waals surface area contributed by atoms with Gasteiger partial charge in [0.25, 0.3) is 5.91 Å². The van der Waals surface area contributed by atoms with E-state index in [0.29, 0.717) is 28.1 Å². The molecule has 0 aliphatic carbocycles. The number of nitriles is 1. The van der Waals surface area contributed by atoms with E-state index < -0.39 is 5.91 Å². The summed E-state index contributed by atoms with van der Waals surface area (Å²) in [5.41, 5.74) is 1.15. The minimum Gasteiger partial charge on any atom is -0.507 e. The van der Waals surface area contributed by atoms with Crippen LogP contribution in [0, 0.1) is 11.3 Å². The van der Waals surface area contributed by atoms with E-state index in [1.807, 2.05) is 13.0 Å². The van der Waals surface area contributed by atoms with E-state index in [1.54, 1.807) is 36.4 Å². The largest absolute Gasteiger partial charge is 0.507 e. The lowest BCUT2D eigenvalue weighted by molar-refractivity contribution is -0.112. The van der Waals surface area contributed by atoms with Crippen LogP contribution in [0.3, 0.4) is 0 Å². The van der Waals surface area contributed by atoms with Gasteiger partial charge in [-0.15, -0.1) is 0 Å². The van der Waals surface area contributed by atoms with Gasteiger partial charge in [-0.1, -0.05) is 6.07 Å². The summed E-state index contributed by atoms with van der Waals surface area (Å²) >= 11 is 3.19. The third-order valence-electron chi connectivity index (χ3n) is 3.07. The van der Waals surface area contributed by atoms with E-state index >= 15 is 0 Å². The summed E-state index contributed by atoms with van der Waals surface area (Å²) in [5.74, 6) is 0.288. The van der Waals surface area contributed by atoms with Crippen molar-refractivity contribution < 1.29 is 14.6 Å². The molecule has 2 N–H and O–H groups in total. The maximum atomic E-state index is 12.2. The average molecular weight is 387 g/mol. The Morgan fingerprint density at radius 3 is 2.62 bits per heavy atom. The number of anilines is 1. The van der Waals surface area contributed by atoms with Crippen molar-refractivity contribution in [3.8, 4) is 17.6 Å². The first-order valence-corrected chi connectivity index (χ1v) is 7.97. The summed E-state index contributed by atoms with van der Waals surface area (Å²) in [5, 5.41) is 21.4.